The summed E-state index contributed by atoms with van der Waals surface area (Å²) in [6.07, 6.45) is 0.0695. The van der Waals surface area contributed by atoms with Gasteiger partial charge in [0.1, 0.15) is 10.6 Å². The molecule has 1 unspecified atom stereocenters. The third-order valence-corrected chi connectivity index (χ3v) is 3.82. The van der Waals surface area contributed by atoms with Crippen LogP contribution in [0.5, 0.6) is 0 Å². The number of aromatic nitrogens is 1. The van der Waals surface area contributed by atoms with Crippen LogP contribution in [0.2, 0.25) is 0 Å². The maximum atomic E-state index is 12.0. The molecule has 1 aromatic carbocycles. The summed E-state index contributed by atoms with van der Waals surface area (Å²) in [6.45, 7) is 1.59. The summed E-state index contributed by atoms with van der Waals surface area (Å²) in [5, 5.41) is 11.9. The Morgan fingerprint density at radius 2 is 2.05 bits per heavy atom. The van der Waals surface area contributed by atoms with Crippen molar-refractivity contribution in [3.63, 3.8) is 0 Å². The number of carbonyl (C=O) groups is 2. The Bertz CT molecular complexity index is 655. The Hall–Kier alpha value is -2.25. The predicted molar refractivity (Wildman–Crippen MR) is 80.4 cm³/mol. The molecular formula is C14H15N3O3S. The number of anilines is 1. The van der Waals surface area contributed by atoms with Gasteiger partial charge in [-0.1, -0.05) is 30.3 Å². The summed E-state index contributed by atoms with van der Waals surface area (Å²) in [7, 11) is 0. The van der Waals surface area contributed by atoms with E-state index in [9.17, 15) is 9.59 Å². The molecule has 0 aliphatic carbocycles. The Labute approximate surface area is 125 Å². The van der Waals surface area contributed by atoms with Gasteiger partial charge in [-0.2, -0.15) is 4.37 Å². The summed E-state index contributed by atoms with van der Waals surface area (Å²) in [4.78, 5) is 23.1. The smallest absolute Gasteiger partial charge is 0.340 e. The zero-order valence-corrected chi connectivity index (χ0v) is 12.2. The summed E-state index contributed by atoms with van der Waals surface area (Å²) >= 11 is 0.952. The number of nitrogens with zero attached hydrogens (tertiary/aromatic N) is 1. The third-order valence-electron chi connectivity index (χ3n) is 2.96. The maximum absolute atomic E-state index is 12.0. The van der Waals surface area contributed by atoms with E-state index < -0.39 is 12.0 Å². The van der Waals surface area contributed by atoms with Gasteiger partial charge in [0.2, 0.25) is 5.91 Å². The van der Waals surface area contributed by atoms with Crippen molar-refractivity contribution >= 4 is 28.4 Å². The van der Waals surface area contributed by atoms with Gasteiger partial charge in [0.15, 0.2) is 0 Å². The van der Waals surface area contributed by atoms with Crippen molar-refractivity contribution in [2.75, 3.05) is 5.32 Å². The molecule has 7 heteroatoms. The van der Waals surface area contributed by atoms with Gasteiger partial charge in [0.05, 0.1) is 5.69 Å². The van der Waals surface area contributed by atoms with E-state index >= 15 is 0 Å². The van der Waals surface area contributed by atoms with Crippen LogP contribution in [0.3, 0.4) is 0 Å². The molecule has 6 nitrogen and oxygen atoms in total. The van der Waals surface area contributed by atoms with Gasteiger partial charge >= 0.3 is 5.97 Å². The van der Waals surface area contributed by atoms with Crippen LogP contribution in [0, 0.1) is 6.92 Å². The molecule has 1 atom stereocenters. The number of hydrogen-bond donors (Lipinski definition) is 3. The highest BCUT2D eigenvalue weighted by atomic mass is 32.1. The van der Waals surface area contributed by atoms with Crippen molar-refractivity contribution in [1.29, 1.82) is 0 Å². The minimum atomic E-state index is -1.11. The number of rotatable bonds is 5. The number of amides is 1. The summed E-state index contributed by atoms with van der Waals surface area (Å²) in [6, 6.07) is 8.82. The van der Waals surface area contributed by atoms with E-state index in [1.165, 1.54) is 0 Å². The van der Waals surface area contributed by atoms with Crippen molar-refractivity contribution in [2.45, 2.75) is 19.4 Å². The number of benzene rings is 1. The molecule has 2 aromatic rings. The number of aromatic carboxylic acids is 1. The second-order valence-electron chi connectivity index (χ2n) is 4.55. The van der Waals surface area contributed by atoms with Crippen LogP contribution in [0.25, 0.3) is 0 Å². The predicted octanol–water partition coefficient (Wildman–Crippen LogP) is 2.18. The van der Waals surface area contributed by atoms with Crippen LogP contribution >= 0.6 is 11.5 Å². The van der Waals surface area contributed by atoms with Crippen molar-refractivity contribution < 1.29 is 14.7 Å². The highest BCUT2D eigenvalue weighted by Crippen LogP contribution is 2.25. The standard InChI is InChI=1S/C14H15N3O3S/c1-8-12(14(19)20)13(21-17-8)16-11(18)7-10(15)9-5-3-2-4-6-9/h2-6,10H,7,15H2,1H3,(H,16,18)(H,19,20). The van der Waals surface area contributed by atoms with Crippen molar-refractivity contribution in [2.24, 2.45) is 5.73 Å². The number of aryl methyl sites for hydroxylation is 1. The van der Waals surface area contributed by atoms with Crippen LogP contribution in [0.15, 0.2) is 30.3 Å². The van der Waals surface area contributed by atoms with Crippen LogP contribution in [-0.4, -0.2) is 21.4 Å². The second-order valence-corrected chi connectivity index (χ2v) is 5.32. The molecule has 1 aromatic heterocycles. The number of carbonyl (C=O) groups excluding carboxylic acids is 1. The lowest BCUT2D eigenvalue weighted by Gasteiger charge is -2.11. The number of nitrogens with two attached hydrogens (primary N) is 1. The molecular weight excluding hydrogens is 290 g/mol. The Morgan fingerprint density at radius 1 is 1.38 bits per heavy atom. The monoisotopic (exact) mass is 305 g/mol. The summed E-state index contributed by atoms with van der Waals surface area (Å²) in [5.74, 6) is -1.44. The molecule has 0 fully saturated rings. The fourth-order valence-corrected chi connectivity index (χ4v) is 2.71. The van der Waals surface area contributed by atoms with E-state index in [1.807, 2.05) is 30.3 Å². The summed E-state index contributed by atoms with van der Waals surface area (Å²) in [5.41, 5.74) is 7.23. The SMILES string of the molecule is Cc1nsc(NC(=O)CC(N)c2ccccc2)c1C(=O)O. The number of carboxylic acids is 1. The van der Waals surface area contributed by atoms with Gasteiger partial charge in [-0.15, -0.1) is 0 Å². The molecule has 1 amide bonds. The second kappa shape index (κ2) is 6.47. The molecule has 110 valence electrons. The van der Waals surface area contributed by atoms with Gasteiger partial charge in [-0.05, 0) is 24.0 Å². The van der Waals surface area contributed by atoms with Crippen LogP contribution in [-0.2, 0) is 4.79 Å². The molecule has 21 heavy (non-hydrogen) atoms. The fourth-order valence-electron chi connectivity index (χ4n) is 1.90. The lowest BCUT2D eigenvalue weighted by molar-refractivity contribution is -0.116. The molecule has 0 saturated heterocycles. The fraction of sp³-hybridized carbons (Fsp3) is 0.214. The van der Waals surface area contributed by atoms with Crippen LogP contribution < -0.4 is 11.1 Å². The minimum absolute atomic E-state index is 0.0293. The first kappa shape index (κ1) is 15.1. The average molecular weight is 305 g/mol. The third kappa shape index (κ3) is 3.65. The first-order valence-electron chi connectivity index (χ1n) is 6.29. The van der Waals surface area contributed by atoms with Crippen molar-refractivity contribution in [3.8, 4) is 0 Å². The zero-order chi connectivity index (χ0) is 15.4. The van der Waals surface area contributed by atoms with Crippen molar-refractivity contribution in [1.82, 2.24) is 4.37 Å². The highest BCUT2D eigenvalue weighted by Gasteiger charge is 2.20. The van der Waals surface area contributed by atoms with Gasteiger partial charge < -0.3 is 16.2 Å². The molecule has 0 radical (unpaired) electrons. The molecule has 0 bridgehead atoms. The van der Waals surface area contributed by atoms with E-state index in [0.717, 1.165) is 17.1 Å². The average Bonchev–Trinajstić information content (AvgIpc) is 2.80. The molecule has 2 rings (SSSR count). The quantitative estimate of drug-likeness (QED) is 0.785. The van der Waals surface area contributed by atoms with Gasteiger partial charge in [-0.3, -0.25) is 4.79 Å². The van der Waals surface area contributed by atoms with E-state index in [0.29, 0.717) is 5.69 Å². The largest absolute Gasteiger partial charge is 0.478 e. The van der Waals surface area contributed by atoms with Gasteiger partial charge in [0.25, 0.3) is 0 Å². The van der Waals surface area contributed by atoms with Gasteiger partial charge in [-0.25, -0.2) is 4.79 Å². The lowest BCUT2D eigenvalue weighted by atomic mass is 10.0. The van der Waals surface area contributed by atoms with Gasteiger partial charge in [0, 0.05) is 12.5 Å². The first-order valence-corrected chi connectivity index (χ1v) is 7.06. The van der Waals surface area contributed by atoms with Crippen molar-refractivity contribution in [3.05, 3.63) is 47.2 Å². The lowest BCUT2D eigenvalue weighted by Crippen LogP contribution is -2.21. The zero-order valence-electron chi connectivity index (χ0n) is 11.4. The summed E-state index contributed by atoms with van der Waals surface area (Å²) < 4.78 is 3.94. The van der Waals surface area contributed by atoms with E-state index in [2.05, 4.69) is 9.69 Å². The molecule has 0 spiro atoms. The first-order chi connectivity index (χ1) is 9.99. The van der Waals surface area contributed by atoms with E-state index in [4.69, 9.17) is 10.8 Å². The molecule has 1 heterocycles. The molecule has 0 saturated carbocycles. The number of nitrogens with one attached hydrogen (secondary N) is 1. The molecule has 4 N–H and O–H groups in total. The Kier molecular flexibility index (Phi) is 4.66. The Morgan fingerprint density at radius 3 is 2.67 bits per heavy atom. The van der Waals surface area contributed by atoms with E-state index in [-0.39, 0.29) is 22.9 Å². The number of carboxylic acid groups (broad SMARTS) is 1. The Balaban J connectivity index is 2.04. The normalized spacial score (nSPS) is 11.9. The minimum Gasteiger partial charge on any atom is -0.478 e. The highest BCUT2D eigenvalue weighted by molar-refractivity contribution is 7.11. The topological polar surface area (TPSA) is 105 Å². The van der Waals surface area contributed by atoms with E-state index in [1.54, 1.807) is 6.92 Å². The molecule has 0 aliphatic rings. The number of hydrogen-bond acceptors (Lipinski definition) is 5. The van der Waals surface area contributed by atoms with Crippen LogP contribution in [0.1, 0.15) is 34.1 Å². The molecule has 0 aliphatic heterocycles. The van der Waals surface area contributed by atoms with Crippen LogP contribution in [0.4, 0.5) is 5.00 Å². The maximum Gasteiger partial charge on any atom is 0.340 e.